The lowest BCUT2D eigenvalue weighted by Gasteiger charge is -2.20. The Kier molecular flexibility index (Phi) is 7.83. The Morgan fingerprint density at radius 3 is 2.00 bits per heavy atom. The Balaban J connectivity index is 1.31. The van der Waals surface area contributed by atoms with Gasteiger partial charge in [0.15, 0.2) is 0 Å². The van der Waals surface area contributed by atoms with E-state index in [0.29, 0.717) is 0 Å². The number of hydrogen-bond donors (Lipinski definition) is 0. The maximum atomic E-state index is 7.25. The fourth-order valence-electron chi connectivity index (χ4n) is 7.00. The van der Waals surface area contributed by atoms with Crippen molar-refractivity contribution in [2.24, 2.45) is 5.92 Å². The summed E-state index contributed by atoms with van der Waals surface area (Å²) in [6.45, 7) is 6.74. The van der Waals surface area contributed by atoms with Gasteiger partial charge in [0.1, 0.15) is 0 Å². The zero-order valence-corrected chi connectivity index (χ0v) is 27.1. The van der Waals surface area contributed by atoms with Gasteiger partial charge in [0.05, 0.1) is 0 Å². The van der Waals surface area contributed by atoms with Gasteiger partial charge in [-0.05, 0) is 112 Å². The number of halogens is 2. The molecule has 0 bridgehead atoms. The highest BCUT2D eigenvalue weighted by atomic mass is 35.5. The first-order chi connectivity index (χ1) is 21.4. The molecule has 0 amide bonds. The summed E-state index contributed by atoms with van der Waals surface area (Å²) in [5, 5.41) is 10.7. The smallest absolute Gasteiger partial charge is 0.0497 e. The van der Waals surface area contributed by atoms with Gasteiger partial charge in [-0.1, -0.05) is 133 Å². The molecule has 0 aromatic heterocycles. The van der Waals surface area contributed by atoms with E-state index >= 15 is 0 Å². The third-order valence-electron chi connectivity index (χ3n) is 9.27. The second kappa shape index (κ2) is 11.9. The Labute approximate surface area is 270 Å². The molecule has 0 N–H and O–H groups in total. The Hall–Kier alpha value is -3.84. The molecule has 0 aliphatic heterocycles. The first-order valence-corrected chi connectivity index (χ1v) is 16.5. The molecule has 0 heterocycles. The van der Waals surface area contributed by atoms with Gasteiger partial charge >= 0.3 is 0 Å². The predicted molar refractivity (Wildman–Crippen MR) is 195 cm³/mol. The molecular formula is C42H36Cl2. The summed E-state index contributed by atoms with van der Waals surface area (Å²) >= 11 is 14.2. The van der Waals surface area contributed by atoms with Gasteiger partial charge in [-0.15, -0.1) is 0 Å². The van der Waals surface area contributed by atoms with Crippen molar-refractivity contribution in [3.8, 4) is 22.3 Å². The highest BCUT2D eigenvalue weighted by Crippen LogP contribution is 2.49. The van der Waals surface area contributed by atoms with Crippen LogP contribution in [0.4, 0.5) is 0 Å². The lowest BCUT2D eigenvalue weighted by molar-refractivity contribution is 0.497. The number of hydrogen-bond acceptors (Lipinski definition) is 0. The van der Waals surface area contributed by atoms with Crippen LogP contribution in [0.2, 0.25) is 10.0 Å². The van der Waals surface area contributed by atoms with Crippen LogP contribution in [0.1, 0.15) is 45.6 Å². The summed E-state index contributed by atoms with van der Waals surface area (Å²) in [5.74, 6) is 0.719. The van der Waals surface area contributed by atoms with Gasteiger partial charge in [-0.2, -0.15) is 0 Å². The van der Waals surface area contributed by atoms with E-state index in [1.807, 2.05) is 6.07 Å². The van der Waals surface area contributed by atoms with E-state index in [0.717, 1.165) is 44.1 Å². The highest BCUT2D eigenvalue weighted by molar-refractivity contribution is 6.48. The molecule has 0 aliphatic rings. The van der Waals surface area contributed by atoms with Crippen molar-refractivity contribution in [3.05, 3.63) is 130 Å². The van der Waals surface area contributed by atoms with Crippen molar-refractivity contribution >= 4 is 66.3 Å². The first kappa shape index (κ1) is 28.9. The maximum Gasteiger partial charge on any atom is 0.0497 e. The van der Waals surface area contributed by atoms with Crippen LogP contribution in [-0.4, -0.2) is 0 Å². The van der Waals surface area contributed by atoms with Crippen molar-refractivity contribution in [2.75, 3.05) is 0 Å². The fraction of sp³-hybridized carbons (Fsp3) is 0.190. The molecule has 0 nitrogen and oxygen atoms in total. The summed E-state index contributed by atoms with van der Waals surface area (Å²) in [6.07, 6.45) is 7.10. The Bertz CT molecular complexity index is 2110. The number of rotatable bonds is 8. The van der Waals surface area contributed by atoms with E-state index in [2.05, 4.69) is 124 Å². The zero-order chi connectivity index (χ0) is 30.4. The average Bonchev–Trinajstić information content (AvgIpc) is 3.03. The van der Waals surface area contributed by atoms with E-state index in [1.54, 1.807) is 0 Å². The molecule has 7 aromatic carbocycles. The molecular weight excluding hydrogens is 575 g/mol. The minimum Gasteiger partial charge on any atom is -0.0859 e. The van der Waals surface area contributed by atoms with Crippen LogP contribution < -0.4 is 0 Å². The summed E-state index contributed by atoms with van der Waals surface area (Å²) in [7, 11) is 0. The topological polar surface area (TPSA) is 0 Å². The second-order valence-corrected chi connectivity index (χ2v) is 13.4. The van der Waals surface area contributed by atoms with E-state index in [9.17, 15) is 0 Å². The third-order valence-corrected chi connectivity index (χ3v) is 9.88. The van der Waals surface area contributed by atoms with E-state index in [4.69, 9.17) is 23.2 Å². The first-order valence-electron chi connectivity index (χ1n) is 15.7. The predicted octanol–water partition coefficient (Wildman–Crippen LogP) is 13.7. The average molecular weight is 612 g/mol. The van der Waals surface area contributed by atoms with Crippen molar-refractivity contribution < 1.29 is 0 Å². The molecule has 218 valence electrons. The van der Waals surface area contributed by atoms with E-state index in [1.165, 1.54) is 74.0 Å². The third kappa shape index (κ3) is 5.15. The van der Waals surface area contributed by atoms with Crippen LogP contribution in [0.3, 0.4) is 0 Å². The van der Waals surface area contributed by atoms with Crippen LogP contribution >= 0.6 is 23.2 Å². The van der Waals surface area contributed by atoms with Crippen LogP contribution in [0.5, 0.6) is 0 Å². The summed E-state index contributed by atoms with van der Waals surface area (Å²) in [6, 6.07) is 37.2. The van der Waals surface area contributed by atoms with Crippen molar-refractivity contribution in [3.63, 3.8) is 0 Å². The molecule has 44 heavy (non-hydrogen) atoms. The maximum absolute atomic E-state index is 7.25. The fourth-order valence-corrected chi connectivity index (χ4v) is 7.56. The Morgan fingerprint density at radius 1 is 0.614 bits per heavy atom. The largest absolute Gasteiger partial charge is 0.0859 e. The molecule has 0 fully saturated rings. The minimum absolute atomic E-state index is 0.719. The molecule has 0 radical (unpaired) electrons. The van der Waals surface area contributed by atoms with Crippen LogP contribution in [0.15, 0.2) is 115 Å². The monoisotopic (exact) mass is 610 g/mol. The molecule has 0 unspecified atom stereocenters. The van der Waals surface area contributed by atoms with Crippen LogP contribution in [-0.2, 0) is 6.42 Å². The molecule has 7 aromatic rings. The minimum atomic E-state index is 0.719. The lowest BCUT2D eigenvalue weighted by atomic mass is 9.85. The van der Waals surface area contributed by atoms with Crippen molar-refractivity contribution in [2.45, 2.75) is 46.5 Å². The van der Waals surface area contributed by atoms with Crippen LogP contribution in [0, 0.1) is 5.92 Å². The lowest BCUT2D eigenvalue weighted by Crippen LogP contribution is -1.97. The number of allylic oxidation sites excluding steroid dienone is 2. The highest BCUT2D eigenvalue weighted by Gasteiger charge is 2.21. The SMILES string of the molecule is CC(C)=CCC[C@H](C)CCc1ccc(-c2ccccc2-c2cc(Cl)c3c4cccc5cccc(c6c(Cl)ccc2c63)c54)cc1. The molecule has 2 heteroatoms. The second-order valence-electron chi connectivity index (χ2n) is 12.6. The van der Waals surface area contributed by atoms with Gasteiger partial charge in [0.2, 0.25) is 0 Å². The summed E-state index contributed by atoms with van der Waals surface area (Å²) in [4.78, 5) is 0. The van der Waals surface area contributed by atoms with Crippen molar-refractivity contribution in [1.82, 2.24) is 0 Å². The number of aryl methyl sites for hydroxylation is 1. The molecule has 0 spiro atoms. The number of benzene rings is 7. The number of fused-ring (bicyclic) bond motifs is 2. The van der Waals surface area contributed by atoms with Gasteiger partial charge < -0.3 is 0 Å². The van der Waals surface area contributed by atoms with Gasteiger partial charge in [-0.25, -0.2) is 0 Å². The van der Waals surface area contributed by atoms with E-state index in [-0.39, 0.29) is 0 Å². The zero-order valence-electron chi connectivity index (χ0n) is 25.6. The molecule has 0 saturated heterocycles. The van der Waals surface area contributed by atoms with Gasteiger partial charge in [0.25, 0.3) is 0 Å². The van der Waals surface area contributed by atoms with Crippen molar-refractivity contribution in [1.29, 1.82) is 0 Å². The molecule has 1 atom stereocenters. The quantitative estimate of drug-likeness (QED) is 0.0911. The van der Waals surface area contributed by atoms with E-state index < -0.39 is 0 Å². The Morgan fingerprint density at radius 2 is 1.30 bits per heavy atom. The summed E-state index contributed by atoms with van der Waals surface area (Å²) in [5.41, 5.74) is 7.53. The van der Waals surface area contributed by atoms with Gasteiger partial charge in [-0.3, -0.25) is 0 Å². The molecule has 0 aliphatic carbocycles. The van der Waals surface area contributed by atoms with Gasteiger partial charge in [0, 0.05) is 26.2 Å². The normalized spacial score (nSPS) is 12.5. The molecule has 0 saturated carbocycles. The standard InChI is InChI=1S/C42H36Cl2/c1-26(2)9-6-10-27(3)17-18-28-19-21-29(22-20-28)31-13-4-5-14-32(31)36-25-38(44)41-35-16-8-12-30-11-7-15-34(39(30)35)40-37(43)24-23-33(36)42(40)41/h4-5,7-9,11-16,19-25,27H,6,10,17-18H2,1-3H3/t27-/m0/s1. The van der Waals surface area contributed by atoms with Crippen LogP contribution in [0.25, 0.3) is 65.3 Å². The summed E-state index contributed by atoms with van der Waals surface area (Å²) < 4.78 is 0. The molecule has 7 rings (SSSR count).